The summed E-state index contributed by atoms with van der Waals surface area (Å²) in [5, 5.41) is 11.3. The molecule has 0 aliphatic rings. The molecule has 0 aromatic heterocycles. The summed E-state index contributed by atoms with van der Waals surface area (Å²) >= 11 is 24.0. The van der Waals surface area contributed by atoms with Crippen LogP contribution in [0.4, 0.5) is 0 Å². The summed E-state index contributed by atoms with van der Waals surface area (Å²) in [7, 11) is 0. The Morgan fingerprint density at radius 1 is 0.789 bits per heavy atom. The standard InChI is InChI=1S/C14H7Cl4N/c15-8-1-3-10(13(17)5-8)12(7-19)11-4-2-9(16)6-14(11)18/h1-6,12H. The van der Waals surface area contributed by atoms with Crippen molar-refractivity contribution in [2.45, 2.75) is 5.92 Å². The molecule has 0 amide bonds. The predicted octanol–water partition coefficient (Wildman–Crippen LogP) is 5.96. The van der Waals surface area contributed by atoms with E-state index >= 15 is 0 Å². The fourth-order valence-corrected chi connectivity index (χ4v) is 2.81. The number of rotatable bonds is 2. The third-order valence-corrected chi connectivity index (χ3v) is 3.80. The summed E-state index contributed by atoms with van der Waals surface area (Å²) in [4.78, 5) is 0. The van der Waals surface area contributed by atoms with E-state index in [0.717, 1.165) is 0 Å². The number of halogens is 4. The molecular formula is C14H7Cl4N. The van der Waals surface area contributed by atoms with E-state index in [9.17, 15) is 5.26 Å². The summed E-state index contributed by atoms with van der Waals surface area (Å²) in [5.41, 5.74) is 1.33. The zero-order valence-electron chi connectivity index (χ0n) is 9.50. The van der Waals surface area contributed by atoms with Gasteiger partial charge in [-0.25, -0.2) is 0 Å². The minimum Gasteiger partial charge on any atom is -0.197 e. The highest BCUT2D eigenvalue weighted by molar-refractivity contribution is 6.36. The van der Waals surface area contributed by atoms with E-state index in [0.29, 0.717) is 31.2 Å². The Morgan fingerprint density at radius 3 is 1.53 bits per heavy atom. The van der Waals surface area contributed by atoms with Gasteiger partial charge in [0, 0.05) is 20.1 Å². The molecule has 0 fully saturated rings. The van der Waals surface area contributed by atoms with Gasteiger partial charge in [0.25, 0.3) is 0 Å². The van der Waals surface area contributed by atoms with Gasteiger partial charge in [-0.15, -0.1) is 0 Å². The van der Waals surface area contributed by atoms with Crippen molar-refractivity contribution in [3.63, 3.8) is 0 Å². The second kappa shape index (κ2) is 6.03. The fourth-order valence-electron chi connectivity index (χ4n) is 1.78. The lowest BCUT2D eigenvalue weighted by atomic mass is 9.92. The van der Waals surface area contributed by atoms with Gasteiger partial charge in [-0.05, 0) is 35.4 Å². The van der Waals surface area contributed by atoms with Crippen molar-refractivity contribution in [1.82, 2.24) is 0 Å². The number of hydrogen-bond acceptors (Lipinski definition) is 1. The third kappa shape index (κ3) is 3.16. The summed E-state index contributed by atoms with van der Waals surface area (Å²) in [5.74, 6) is -0.561. The molecule has 0 saturated heterocycles. The molecular weight excluding hydrogens is 324 g/mol. The minimum absolute atomic E-state index is 0.435. The maximum absolute atomic E-state index is 9.39. The van der Waals surface area contributed by atoms with Gasteiger partial charge in [-0.3, -0.25) is 0 Å². The normalized spacial score (nSPS) is 10.5. The van der Waals surface area contributed by atoms with Crippen molar-refractivity contribution in [3.05, 3.63) is 67.6 Å². The Hall–Kier alpha value is -0.910. The molecule has 2 aromatic rings. The van der Waals surface area contributed by atoms with Crippen LogP contribution in [0.2, 0.25) is 20.1 Å². The Morgan fingerprint density at radius 2 is 1.21 bits per heavy atom. The Bertz CT molecular complexity index is 609. The zero-order chi connectivity index (χ0) is 14.0. The molecule has 2 rings (SSSR count). The zero-order valence-corrected chi connectivity index (χ0v) is 12.5. The van der Waals surface area contributed by atoms with Crippen LogP contribution >= 0.6 is 46.4 Å². The van der Waals surface area contributed by atoms with Gasteiger partial charge in [0.2, 0.25) is 0 Å². The largest absolute Gasteiger partial charge is 0.197 e. The third-order valence-electron chi connectivity index (χ3n) is 2.68. The molecule has 0 N–H and O–H groups in total. The summed E-state index contributed by atoms with van der Waals surface area (Å²) in [6.07, 6.45) is 0. The molecule has 5 heteroatoms. The smallest absolute Gasteiger partial charge is 0.0991 e. The van der Waals surface area contributed by atoms with Crippen LogP contribution in [0.25, 0.3) is 0 Å². The van der Waals surface area contributed by atoms with Crippen LogP contribution in [0.15, 0.2) is 36.4 Å². The van der Waals surface area contributed by atoms with Gasteiger partial charge in [0.05, 0.1) is 12.0 Å². The highest BCUT2D eigenvalue weighted by atomic mass is 35.5. The van der Waals surface area contributed by atoms with Crippen molar-refractivity contribution in [2.24, 2.45) is 0 Å². The first kappa shape index (κ1) is 14.5. The molecule has 0 bridgehead atoms. The quantitative estimate of drug-likeness (QED) is 0.666. The van der Waals surface area contributed by atoms with Gasteiger partial charge >= 0.3 is 0 Å². The second-order valence-electron chi connectivity index (χ2n) is 3.89. The van der Waals surface area contributed by atoms with E-state index in [2.05, 4.69) is 6.07 Å². The number of benzene rings is 2. The van der Waals surface area contributed by atoms with Crippen molar-refractivity contribution in [1.29, 1.82) is 5.26 Å². The first-order chi connectivity index (χ1) is 9.02. The SMILES string of the molecule is N#CC(c1ccc(Cl)cc1Cl)c1ccc(Cl)cc1Cl. The van der Waals surface area contributed by atoms with Crippen molar-refractivity contribution < 1.29 is 0 Å². The first-order valence-electron chi connectivity index (χ1n) is 5.32. The number of nitrogens with zero attached hydrogens (tertiary/aromatic N) is 1. The predicted molar refractivity (Wildman–Crippen MR) is 80.4 cm³/mol. The molecule has 0 radical (unpaired) electrons. The molecule has 1 nitrogen and oxygen atoms in total. The molecule has 0 aliphatic carbocycles. The second-order valence-corrected chi connectivity index (χ2v) is 5.58. The van der Waals surface area contributed by atoms with Crippen molar-refractivity contribution in [3.8, 4) is 6.07 Å². The molecule has 0 aliphatic heterocycles. The van der Waals surface area contributed by atoms with Crippen molar-refractivity contribution >= 4 is 46.4 Å². The van der Waals surface area contributed by atoms with Crippen LogP contribution in [0.1, 0.15) is 17.0 Å². The van der Waals surface area contributed by atoms with Gasteiger partial charge in [-0.1, -0.05) is 58.5 Å². The lowest BCUT2D eigenvalue weighted by molar-refractivity contribution is 1.04. The summed E-state index contributed by atoms with van der Waals surface area (Å²) in [6.45, 7) is 0. The molecule has 0 spiro atoms. The van der Waals surface area contributed by atoms with Crippen LogP contribution in [-0.4, -0.2) is 0 Å². The van der Waals surface area contributed by atoms with Gasteiger partial charge in [0.15, 0.2) is 0 Å². The molecule has 0 atom stereocenters. The van der Waals surface area contributed by atoms with E-state index in [-0.39, 0.29) is 0 Å². The monoisotopic (exact) mass is 329 g/mol. The summed E-state index contributed by atoms with van der Waals surface area (Å²) < 4.78 is 0. The minimum atomic E-state index is -0.561. The van der Waals surface area contributed by atoms with Crippen molar-refractivity contribution in [2.75, 3.05) is 0 Å². The number of hydrogen-bond donors (Lipinski definition) is 0. The molecule has 0 saturated carbocycles. The van der Waals surface area contributed by atoms with Crippen LogP contribution in [0, 0.1) is 11.3 Å². The molecule has 0 unspecified atom stereocenters. The van der Waals surface area contributed by atoms with E-state index < -0.39 is 5.92 Å². The van der Waals surface area contributed by atoms with Gasteiger partial charge in [-0.2, -0.15) is 5.26 Å². The van der Waals surface area contributed by atoms with Gasteiger partial charge in [0.1, 0.15) is 0 Å². The van der Waals surface area contributed by atoms with E-state index in [1.54, 1.807) is 36.4 Å². The lowest BCUT2D eigenvalue weighted by Gasteiger charge is -2.13. The van der Waals surface area contributed by atoms with E-state index in [1.165, 1.54) is 0 Å². The molecule has 0 heterocycles. The van der Waals surface area contributed by atoms with Crippen LogP contribution in [-0.2, 0) is 0 Å². The van der Waals surface area contributed by atoms with Crippen LogP contribution in [0.3, 0.4) is 0 Å². The van der Waals surface area contributed by atoms with Gasteiger partial charge < -0.3 is 0 Å². The Labute approximate surface area is 131 Å². The highest BCUT2D eigenvalue weighted by Gasteiger charge is 2.19. The maximum Gasteiger partial charge on any atom is 0.0991 e. The van der Waals surface area contributed by atoms with E-state index in [4.69, 9.17) is 46.4 Å². The van der Waals surface area contributed by atoms with Crippen LogP contribution in [0.5, 0.6) is 0 Å². The topological polar surface area (TPSA) is 23.8 Å². The Kier molecular flexibility index (Phi) is 4.60. The first-order valence-corrected chi connectivity index (χ1v) is 6.83. The van der Waals surface area contributed by atoms with Crippen LogP contribution < -0.4 is 0 Å². The summed E-state index contributed by atoms with van der Waals surface area (Å²) in [6, 6.07) is 12.2. The fraction of sp³-hybridized carbons (Fsp3) is 0.0714. The number of nitriles is 1. The molecule has 19 heavy (non-hydrogen) atoms. The molecule has 96 valence electrons. The average Bonchev–Trinajstić information content (AvgIpc) is 2.34. The highest BCUT2D eigenvalue weighted by Crippen LogP contribution is 2.35. The van der Waals surface area contributed by atoms with E-state index in [1.807, 2.05) is 0 Å². The molecule has 2 aromatic carbocycles. The average molecular weight is 331 g/mol. The lowest BCUT2D eigenvalue weighted by Crippen LogP contribution is -2.00. The Balaban J connectivity index is 2.54. The maximum atomic E-state index is 9.39.